The smallest absolute Gasteiger partial charge is 0.244 e. The molecule has 28 heavy (non-hydrogen) atoms. The summed E-state index contributed by atoms with van der Waals surface area (Å²) in [5.41, 5.74) is 1.79. The first kappa shape index (κ1) is 19.0. The maximum Gasteiger partial charge on any atom is 0.244 e. The van der Waals surface area contributed by atoms with E-state index in [1.165, 1.54) is 12.1 Å². The molecule has 3 aromatic rings. The van der Waals surface area contributed by atoms with Crippen LogP contribution >= 0.6 is 11.6 Å². The summed E-state index contributed by atoms with van der Waals surface area (Å²) in [4.78, 5) is 6.54. The molecule has 1 aliphatic rings. The Morgan fingerprint density at radius 2 is 2.04 bits per heavy atom. The first-order valence-corrected chi connectivity index (χ1v) is 9.21. The van der Waals surface area contributed by atoms with Crippen molar-refractivity contribution in [1.29, 1.82) is 0 Å². The Balaban J connectivity index is 1.56. The number of rotatable bonds is 5. The molecular weight excluding hydrogens is 384 g/mol. The molecule has 0 bridgehead atoms. The lowest BCUT2D eigenvalue weighted by atomic mass is 10.1. The number of hydrogen-bond donors (Lipinski definition) is 3. The second kappa shape index (κ2) is 7.96. The summed E-state index contributed by atoms with van der Waals surface area (Å²) in [6.45, 7) is 1.12. The predicted octanol–water partition coefficient (Wildman–Crippen LogP) is 2.10. The minimum absolute atomic E-state index is 0.157. The molecule has 1 aliphatic heterocycles. The van der Waals surface area contributed by atoms with Gasteiger partial charge in [0.2, 0.25) is 11.7 Å². The van der Waals surface area contributed by atoms with Gasteiger partial charge in [0.1, 0.15) is 0 Å². The van der Waals surface area contributed by atoms with Crippen molar-refractivity contribution in [2.45, 2.75) is 25.1 Å². The Morgan fingerprint density at radius 1 is 1.25 bits per heavy atom. The van der Waals surface area contributed by atoms with E-state index < -0.39 is 11.3 Å². The van der Waals surface area contributed by atoms with E-state index in [-0.39, 0.29) is 11.7 Å². The van der Waals surface area contributed by atoms with Gasteiger partial charge in [-0.3, -0.25) is 4.90 Å². The summed E-state index contributed by atoms with van der Waals surface area (Å²) in [6.07, 6.45) is 0.00712. The van der Waals surface area contributed by atoms with E-state index in [4.69, 9.17) is 21.3 Å². The lowest BCUT2D eigenvalue weighted by Crippen LogP contribution is -2.99. The fourth-order valence-electron chi connectivity index (χ4n) is 3.41. The highest BCUT2D eigenvalue weighted by molar-refractivity contribution is 6.30. The van der Waals surface area contributed by atoms with Crippen molar-refractivity contribution < 1.29 is 20.1 Å². The molecule has 1 aromatic heterocycles. The van der Waals surface area contributed by atoms with Crippen molar-refractivity contribution in [3.8, 4) is 11.4 Å². The molecule has 1 fully saturated rings. The number of nitrogens with zero attached hydrogens (tertiary/aromatic N) is 3. The van der Waals surface area contributed by atoms with Crippen LogP contribution < -0.4 is 5.23 Å². The van der Waals surface area contributed by atoms with Gasteiger partial charge >= 0.3 is 0 Å². The Hall–Kier alpha value is -2.33. The first-order chi connectivity index (χ1) is 13.5. The molecule has 0 aliphatic carbocycles. The summed E-state index contributed by atoms with van der Waals surface area (Å²) >= 11 is 5.94. The van der Waals surface area contributed by atoms with Crippen LogP contribution in [0, 0.1) is 5.21 Å². The zero-order chi connectivity index (χ0) is 19.7. The van der Waals surface area contributed by atoms with Crippen LogP contribution in [0.25, 0.3) is 11.4 Å². The van der Waals surface area contributed by atoms with E-state index in [1.807, 2.05) is 24.3 Å². The lowest BCUT2D eigenvalue weighted by molar-refractivity contribution is -0.991. The lowest BCUT2D eigenvalue weighted by Gasteiger charge is -2.21. The number of nitrogens with one attached hydrogen (secondary N) is 1. The highest BCUT2D eigenvalue weighted by Gasteiger charge is 2.36. The molecule has 9 heteroatoms. The fourth-order valence-corrected chi connectivity index (χ4v) is 3.54. The second-order valence-corrected chi connectivity index (χ2v) is 7.24. The van der Waals surface area contributed by atoms with Crippen molar-refractivity contribution in [2.75, 3.05) is 6.54 Å². The number of aliphatic hydroxyl groups excluding tert-OH is 1. The number of aromatic nitrogens is 2. The first-order valence-electron chi connectivity index (χ1n) is 8.83. The van der Waals surface area contributed by atoms with E-state index in [0.717, 1.165) is 5.56 Å². The third-order valence-electron chi connectivity index (χ3n) is 4.77. The van der Waals surface area contributed by atoms with Crippen LogP contribution in [0.5, 0.6) is 0 Å². The van der Waals surface area contributed by atoms with Gasteiger partial charge < -0.3 is 14.8 Å². The van der Waals surface area contributed by atoms with Gasteiger partial charge in [-0.15, -0.1) is 0 Å². The molecule has 3 atom stereocenters. The van der Waals surface area contributed by atoms with E-state index in [1.54, 1.807) is 12.1 Å². The van der Waals surface area contributed by atoms with Crippen LogP contribution in [0.15, 0.2) is 53.1 Å². The highest BCUT2D eigenvalue weighted by atomic mass is 35.5. The Morgan fingerprint density at radius 3 is 2.79 bits per heavy atom. The second-order valence-electron chi connectivity index (χ2n) is 6.80. The van der Waals surface area contributed by atoms with Gasteiger partial charge in [0.05, 0.1) is 12.1 Å². The Labute approximate surface area is 166 Å². The molecule has 0 amide bonds. The molecule has 0 saturated carbocycles. The standard InChI is InChI=1S/C19H19ClN4O4/c20-14-6-4-12(5-7-14)10-23-11-16(25)9-17(23)19-21-18(22-28-19)13-2-1-3-15(8-13)24(26)27/h1-8,16-17,24-26H,9-11H2. The molecule has 4 rings (SSSR count). The van der Waals surface area contributed by atoms with Crippen LogP contribution in [-0.4, -0.2) is 38.0 Å². The molecule has 8 nitrogen and oxygen atoms in total. The SMILES string of the molecule is [O-][NH+](O)c1cccc(-c2noc(C3CC(O)CN3Cc3ccc(Cl)cc3)n2)c1. The molecule has 0 radical (unpaired) electrons. The van der Waals surface area contributed by atoms with Crippen molar-refractivity contribution in [1.82, 2.24) is 15.0 Å². The minimum Gasteiger partial charge on any atom is -0.595 e. The van der Waals surface area contributed by atoms with Crippen LogP contribution in [0.4, 0.5) is 5.69 Å². The van der Waals surface area contributed by atoms with Crippen molar-refractivity contribution in [2.24, 2.45) is 0 Å². The van der Waals surface area contributed by atoms with Gasteiger partial charge in [-0.1, -0.05) is 41.0 Å². The molecule has 2 aromatic carbocycles. The average Bonchev–Trinajstić information content (AvgIpc) is 3.30. The fraction of sp³-hybridized carbons (Fsp3) is 0.263. The van der Waals surface area contributed by atoms with Crippen molar-refractivity contribution >= 4 is 17.3 Å². The Kier molecular flexibility index (Phi) is 5.40. The molecule has 2 heterocycles. The van der Waals surface area contributed by atoms with Crippen LogP contribution in [-0.2, 0) is 6.54 Å². The van der Waals surface area contributed by atoms with E-state index in [9.17, 15) is 10.3 Å². The van der Waals surface area contributed by atoms with Crippen LogP contribution in [0.2, 0.25) is 5.02 Å². The zero-order valence-electron chi connectivity index (χ0n) is 14.8. The topological polar surface area (TPSA) is 110 Å². The third kappa shape index (κ3) is 4.07. The summed E-state index contributed by atoms with van der Waals surface area (Å²) < 4.78 is 5.46. The van der Waals surface area contributed by atoms with Gasteiger partial charge in [0.25, 0.3) is 0 Å². The summed E-state index contributed by atoms with van der Waals surface area (Å²) in [6, 6.07) is 13.7. The summed E-state index contributed by atoms with van der Waals surface area (Å²) in [5.74, 6) is 0.729. The number of β-amino-alcohol motifs (C(OH)–C–C–N with tert-alkyl or cyclic N) is 1. The molecule has 1 saturated heterocycles. The van der Waals surface area contributed by atoms with Gasteiger partial charge in [-0.2, -0.15) is 10.2 Å². The summed E-state index contributed by atoms with van der Waals surface area (Å²) in [7, 11) is 0. The van der Waals surface area contributed by atoms with Crippen LogP contribution in [0.3, 0.4) is 0 Å². The summed E-state index contributed by atoms with van der Waals surface area (Å²) in [5, 5.41) is 34.1. The molecule has 0 spiro atoms. The number of aliphatic hydroxyl groups is 1. The van der Waals surface area contributed by atoms with E-state index >= 15 is 0 Å². The van der Waals surface area contributed by atoms with Crippen molar-refractivity contribution in [3.05, 3.63) is 70.2 Å². The molecule has 146 valence electrons. The van der Waals surface area contributed by atoms with Gasteiger partial charge in [0, 0.05) is 35.8 Å². The van der Waals surface area contributed by atoms with E-state index in [0.29, 0.717) is 41.8 Å². The Bertz CT molecular complexity index is 947. The van der Waals surface area contributed by atoms with E-state index in [2.05, 4.69) is 15.0 Å². The largest absolute Gasteiger partial charge is 0.595 e. The highest BCUT2D eigenvalue weighted by Crippen LogP contribution is 2.33. The van der Waals surface area contributed by atoms with Crippen LogP contribution in [0.1, 0.15) is 23.9 Å². The van der Waals surface area contributed by atoms with Gasteiger partial charge in [0.15, 0.2) is 5.69 Å². The van der Waals surface area contributed by atoms with Gasteiger partial charge in [-0.05, 0) is 24.1 Å². The molecular formula is C19H19ClN4O4. The number of quaternary nitrogens is 1. The van der Waals surface area contributed by atoms with Gasteiger partial charge in [-0.25, -0.2) is 5.21 Å². The number of benzene rings is 2. The third-order valence-corrected chi connectivity index (χ3v) is 5.03. The quantitative estimate of drug-likeness (QED) is 0.560. The maximum atomic E-state index is 11.2. The minimum atomic E-state index is -1.02. The number of likely N-dealkylation sites (tertiary alicyclic amines) is 1. The average molecular weight is 403 g/mol. The maximum absolute atomic E-state index is 11.2. The van der Waals surface area contributed by atoms with Crippen molar-refractivity contribution in [3.63, 3.8) is 0 Å². The zero-order valence-corrected chi connectivity index (χ0v) is 15.6. The number of hydrogen-bond acceptors (Lipinski definition) is 7. The molecule has 3 N–H and O–H groups in total. The predicted molar refractivity (Wildman–Crippen MR) is 101 cm³/mol. The number of halogens is 1. The normalized spacial score (nSPS) is 21.1. The molecule has 3 unspecified atom stereocenters. The monoisotopic (exact) mass is 402 g/mol.